The molecule has 0 saturated heterocycles. The zero-order valence-corrected chi connectivity index (χ0v) is 15.9. The second kappa shape index (κ2) is 10.4. The fraction of sp³-hybridized carbons (Fsp3) is 0.316. The summed E-state index contributed by atoms with van der Waals surface area (Å²) in [6, 6.07) is 13.4. The smallest absolute Gasteiger partial charge is 0.446 e. The topological polar surface area (TPSA) is 70.6 Å². The molecule has 28 heavy (non-hydrogen) atoms. The van der Waals surface area contributed by atoms with Crippen LogP contribution < -0.4 is 15.5 Å². The van der Waals surface area contributed by atoms with Crippen molar-refractivity contribution in [1.82, 2.24) is 10.8 Å². The van der Waals surface area contributed by atoms with E-state index >= 15 is 0 Å². The highest BCUT2D eigenvalue weighted by Crippen LogP contribution is 2.36. The van der Waals surface area contributed by atoms with E-state index < -0.39 is 11.4 Å². The van der Waals surface area contributed by atoms with Crippen molar-refractivity contribution < 1.29 is 27.9 Å². The van der Waals surface area contributed by atoms with Gasteiger partial charge in [-0.15, -0.1) is 0 Å². The quantitative estimate of drug-likeness (QED) is 0.327. The minimum absolute atomic E-state index is 0.138. The number of amides is 1. The van der Waals surface area contributed by atoms with E-state index in [1.165, 1.54) is 12.1 Å². The first-order chi connectivity index (χ1) is 13.3. The van der Waals surface area contributed by atoms with Gasteiger partial charge in [0.2, 0.25) is 5.91 Å². The normalized spacial score (nSPS) is 12.5. The van der Waals surface area contributed by atoms with E-state index in [9.17, 15) is 18.0 Å². The summed E-state index contributed by atoms with van der Waals surface area (Å²) in [5.74, 6) is -0.152. The van der Waals surface area contributed by atoms with Crippen LogP contribution >= 0.6 is 11.8 Å². The van der Waals surface area contributed by atoms with Crippen molar-refractivity contribution in [2.75, 3.05) is 6.54 Å². The highest BCUT2D eigenvalue weighted by Gasteiger charge is 2.28. The van der Waals surface area contributed by atoms with Gasteiger partial charge in [0.25, 0.3) is 0 Å². The molecule has 3 N–H and O–H groups in total. The fourth-order valence-corrected chi connectivity index (χ4v) is 2.83. The van der Waals surface area contributed by atoms with E-state index in [4.69, 9.17) is 9.94 Å². The Kier molecular flexibility index (Phi) is 8.16. The summed E-state index contributed by atoms with van der Waals surface area (Å²) in [6.45, 7) is 2.93. The first-order valence-corrected chi connectivity index (χ1v) is 9.29. The summed E-state index contributed by atoms with van der Waals surface area (Å²) in [5.41, 5.74) is -0.910. The molecule has 152 valence electrons. The Morgan fingerprint density at radius 2 is 1.71 bits per heavy atom. The Bertz CT molecular complexity index is 753. The molecule has 0 aliphatic rings. The number of hydroxylamine groups is 1. The summed E-state index contributed by atoms with van der Waals surface area (Å²) in [5, 5.41) is 11.7. The molecule has 0 heterocycles. The maximum atomic E-state index is 12.3. The number of carbonyl (C=O) groups excluding carboxylic acids is 1. The number of halogens is 3. The monoisotopic (exact) mass is 414 g/mol. The van der Waals surface area contributed by atoms with Gasteiger partial charge in [-0.25, -0.2) is 5.48 Å². The molecular weight excluding hydrogens is 393 g/mol. The Morgan fingerprint density at radius 3 is 2.29 bits per heavy atom. The zero-order chi connectivity index (χ0) is 20.6. The standard InChI is InChI=1S/C19H21F3N2O3S/c1-13(18(25)24-26)10-23-11-14-2-6-16(7-3-14)27-12-15-4-8-17(9-5-15)28-19(20,21)22/h2-9,13,23,26H,10-12H2,1H3,(H,24,25). The molecule has 0 aliphatic carbocycles. The van der Waals surface area contributed by atoms with Crippen molar-refractivity contribution >= 4 is 17.7 Å². The summed E-state index contributed by atoms with van der Waals surface area (Å²) in [6.07, 6.45) is 0. The van der Waals surface area contributed by atoms with Crippen molar-refractivity contribution in [1.29, 1.82) is 0 Å². The first kappa shape index (κ1) is 22.1. The van der Waals surface area contributed by atoms with Gasteiger partial charge in [-0.2, -0.15) is 13.2 Å². The molecule has 5 nitrogen and oxygen atoms in total. The molecule has 0 fully saturated rings. The van der Waals surface area contributed by atoms with Gasteiger partial charge >= 0.3 is 5.51 Å². The molecule has 0 spiro atoms. The summed E-state index contributed by atoms with van der Waals surface area (Å²) in [4.78, 5) is 11.3. The lowest BCUT2D eigenvalue weighted by molar-refractivity contribution is -0.132. The van der Waals surface area contributed by atoms with Crippen molar-refractivity contribution in [3.05, 3.63) is 59.7 Å². The van der Waals surface area contributed by atoms with Crippen LogP contribution in [0.4, 0.5) is 13.2 Å². The van der Waals surface area contributed by atoms with Gasteiger partial charge in [0.1, 0.15) is 12.4 Å². The zero-order valence-electron chi connectivity index (χ0n) is 15.1. The predicted molar refractivity (Wildman–Crippen MR) is 99.9 cm³/mol. The Labute approximate surface area is 165 Å². The third-order valence-corrected chi connectivity index (χ3v) is 4.56. The van der Waals surface area contributed by atoms with Gasteiger partial charge in [0, 0.05) is 23.9 Å². The fourth-order valence-electron chi connectivity index (χ4n) is 2.29. The van der Waals surface area contributed by atoms with Gasteiger partial charge in [-0.05, 0) is 47.2 Å². The Morgan fingerprint density at radius 1 is 1.11 bits per heavy atom. The van der Waals surface area contributed by atoms with Crippen LogP contribution in [0.5, 0.6) is 5.75 Å². The molecule has 1 atom stereocenters. The van der Waals surface area contributed by atoms with E-state index in [0.717, 1.165) is 11.1 Å². The largest absolute Gasteiger partial charge is 0.489 e. The first-order valence-electron chi connectivity index (χ1n) is 8.48. The van der Waals surface area contributed by atoms with Crippen molar-refractivity contribution in [3.8, 4) is 5.75 Å². The number of ether oxygens (including phenoxy) is 1. The molecular formula is C19H21F3N2O3S. The molecule has 1 unspecified atom stereocenters. The van der Waals surface area contributed by atoms with Crippen LogP contribution in [-0.2, 0) is 17.9 Å². The van der Waals surface area contributed by atoms with E-state index in [1.807, 2.05) is 12.1 Å². The number of hydrogen-bond acceptors (Lipinski definition) is 5. The number of alkyl halides is 3. The second-order valence-electron chi connectivity index (χ2n) is 6.13. The second-order valence-corrected chi connectivity index (χ2v) is 7.27. The highest BCUT2D eigenvalue weighted by molar-refractivity contribution is 8.00. The third-order valence-electron chi connectivity index (χ3n) is 3.82. The van der Waals surface area contributed by atoms with Gasteiger partial charge < -0.3 is 10.1 Å². The van der Waals surface area contributed by atoms with E-state index in [2.05, 4.69) is 5.32 Å². The van der Waals surface area contributed by atoms with E-state index in [1.54, 1.807) is 36.7 Å². The number of hydrogen-bond donors (Lipinski definition) is 3. The van der Waals surface area contributed by atoms with Crippen molar-refractivity contribution in [3.63, 3.8) is 0 Å². The summed E-state index contributed by atoms with van der Waals surface area (Å²) in [7, 11) is 0. The molecule has 2 aromatic carbocycles. The maximum Gasteiger partial charge on any atom is 0.446 e. The lowest BCUT2D eigenvalue weighted by Crippen LogP contribution is -2.33. The number of carbonyl (C=O) groups is 1. The highest BCUT2D eigenvalue weighted by atomic mass is 32.2. The van der Waals surface area contributed by atoms with E-state index in [0.29, 0.717) is 18.8 Å². The van der Waals surface area contributed by atoms with Crippen LogP contribution in [0.25, 0.3) is 0 Å². The van der Waals surface area contributed by atoms with Crippen LogP contribution in [0.15, 0.2) is 53.4 Å². The minimum Gasteiger partial charge on any atom is -0.489 e. The van der Waals surface area contributed by atoms with E-state index in [-0.39, 0.29) is 29.2 Å². The van der Waals surface area contributed by atoms with Gasteiger partial charge in [-0.1, -0.05) is 31.2 Å². The molecule has 0 aliphatic heterocycles. The van der Waals surface area contributed by atoms with Gasteiger partial charge in [0.05, 0.1) is 0 Å². The number of thioether (sulfide) groups is 1. The predicted octanol–water partition coefficient (Wildman–Crippen LogP) is 4.11. The molecule has 0 aromatic heterocycles. The lowest BCUT2D eigenvalue weighted by atomic mass is 10.1. The average molecular weight is 414 g/mol. The number of benzene rings is 2. The van der Waals surface area contributed by atoms with Crippen LogP contribution in [0.2, 0.25) is 0 Å². The van der Waals surface area contributed by atoms with Gasteiger partial charge in [-0.3, -0.25) is 10.0 Å². The number of nitrogens with one attached hydrogen (secondary N) is 2. The summed E-state index contributed by atoms with van der Waals surface area (Å²) >= 11 is -0.145. The summed E-state index contributed by atoms with van der Waals surface area (Å²) < 4.78 is 42.6. The molecule has 0 bridgehead atoms. The van der Waals surface area contributed by atoms with Crippen molar-refractivity contribution in [2.45, 2.75) is 30.5 Å². The van der Waals surface area contributed by atoms with Crippen LogP contribution in [0.1, 0.15) is 18.1 Å². The molecule has 2 rings (SSSR count). The Balaban J connectivity index is 1.77. The minimum atomic E-state index is -4.29. The molecule has 0 radical (unpaired) electrons. The average Bonchev–Trinajstić information content (AvgIpc) is 2.66. The van der Waals surface area contributed by atoms with Crippen LogP contribution in [0, 0.1) is 5.92 Å². The molecule has 0 saturated carbocycles. The maximum absolute atomic E-state index is 12.3. The molecule has 9 heteroatoms. The van der Waals surface area contributed by atoms with Gasteiger partial charge in [0.15, 0.2) is 0 Å². The van der Waals surface area contributed by atoms with Crippen LogP contribution in [-0.4, -0.2) is 23.2 Å². The third kappa shape index (κ3) is 7.79. The number of rotatable bonds is 9. The lowest BCUT2D eigenvalue weighted by Gasteiger charge is -2.11. The Hall–Kier alpha value is -2.23. The molecule has 1 amide bonds. The van der Waals surface area contributed by atoms with Crippen molar-refractivity contribution in [2.24, 2.45) is 5.92 Å². The molecule has 2 aromatic rings. The SMILES string of the molecule is CC(CNCc1ccc(OCc2ccc(SC(F)(F)F)cc2)cc1)C(=O)NO. The van der Waals surface area contributed by atoms with Crippen LogP contribution in [0.3, 0.4) is 0 Å².